The zero-order chi connectivity index (χ0) is 14.5. The van der Waals surface area contributed by atoms with Crippen molar-refractivity contribution in [2.24, 2.45) is 0 Å². The minimum absolute atomic E-state index is 0.0296. The summed E-state index contributed by atoms with van der Waals surface area (Å²) in [7, 11) is 0. The van der Waals surface area contributed by atoms with Gasteiger partial charge in [-0.1, -0.05) is 25.1 Å². The van der Waals surface area contributed by atoms with Crippen LogP contribution < -0.4 is 0 Å². The van der Waals surface area contributed by atoms with E-state index in [2.05, 4.69) is 19.1 Å². The van der Waals surface area contributed by atoms with Gasteiger partial charge in [0, 0.05) is 12.7 Å². The van der Waals surface area contributed by atoms with Crippen molar-refractivity contribution in [3.63, 3.8) is 0 Å². The molecule has 0 amide bonds. The van der Waals surface area contributed by atoms with Crippen molar-refractivity contribution in [3.05, 3.63) is 36.0 Å². The van der Waals surface area contributed by atoms with Gasteiger partial charge in [0.25, 0.3) is 0 Å². The number of hydrogen-bond acceptors (Lipinski definition) is 3. The maximum Gasteiger partial charge on any atom is 0.308 e. The molecule has 20 heavy (non-hydrogen) atoms. The van der Waals surface area contributed by atoms with Gasteiger partial charge in [-0.2, -0.15) is 0 Å². The Bertz CT molecular complexity index is 588. The van der Waals surface area contributed by atoms with Gasteiger partial charge in [0.05, 0.1) is 24.6 Å². The smallest absolute Gasteiger partial charge is 0.308 e. The molecule has 0 aliphatic carbocycles. The largest absolute Gasteiger partial charge is 0.466 e. The Labute approximate surface area is 119 Å². The molecule has 1 N–H and O–H groups in total. The van der Waals surface area contributed by atoms with Gasteiger partial charge in [0.15, 0.2) is 0 Å². The van der Waals surface area contributed by atoms with Crippen LogP contribution in [0.2, 0.25) is 0 Å². The molecule has 0 aliphatic rings. The average molecular weight is 275 g/mol. The number of aliphatic hydroxyl groups is 1. The van der Waals surface area contributed by atoms with E-state index in [1.54, 1.807) is 6.92 Å². The molecular formula is C16H21NO3. The van der Waals surface area contributed by atoms with Gasteiger partial charge in [-0.15, -0.1) is 0 Å². The average Bonchev–Trinajstić information content (AvgIpc) is 2.82. The first kappa shape index (κ1) is 14.6. The summed E-state index contributed by atoms with van der Waals surface area (Å²) >= 11 is 0. The molecule has 0 saturated heterocycles. The highest BCUT2D eigenvalue weighted by atomic mass is 16.5. The molecule has 0 aliphatic heterocycles. The second-order valence-corrected chi connectivity index (χ2v) is 4.84. The Morgan fingerprint density at radius 3 is 2.85 bits per heavy atom. The molecule has 0 spiro atoms. The first-order valence-corrected chi connectivity index (χ1v) is 7.06. The number of aliphatic hydroxyl groups excluding tert-OH is 1. The maximum absolute atomic E-state index is 11.4. The lowest BCUT2D eigenvalue weighted by atomic mass is 10.1. The minimum atomic E-state index is -0.727. The fourth-order valence-electron chi connectivity index (χ4n) is 2.48. The van der Waals surface area contributed by atoms with Gasteiger partial charge >= 0.3 is 5.97 Å². The lowest BCUT2D eigenvalue weighted by Gasteiger charge is -2.13. The van der Waals surface area contributed by atoms with Crippen LogP contribution in [-0.4, -0.2) is 28.4 Å². The maximum atomic E-state index is 11.4. The highest BCUT2D eigenvalue weighted by Gasteiger charge is 2.14. The number of rotatable bonds is 6. The number of nitrogens with zero attached hydrogens (tertiary/aromatic N) is 1. The van der Waals surface area contributed by atoms with Crippen LogP contribution in [0.4, 0.5) is 0 Å². The van der Waals surface area contributed by atoms with Crippen molar-refractivity contribution < 1.29 is 14.6 Å². The topological polar surface area (TPSA) is 51.5 Å². The van der Waals surface area contributed by atoms with Crippen molar-refractivity contribution in [2.75, 3.05) is 6.61 Å². The van der Waals surface area contributed by atoms with E-state index in [-0.39, 0.29) is 12.4 Å². The highest BCUT2D eigenvalue weighted by molar-refractivity contribution is 5.83. The van der Waals surface area contributed by atoms with Crippen LogP contribution in [0.15, 0.2) is 30.5 Å². The van der Waals surface area contributed by atoms with E-state index >= 15 is 0 Å². The molecule has 4 heteroatoms. The van der Waals surface area contributed by atoms with Gasteiger partial charge in [-0.25, -0.2) is 0 Å². The van der Waals surface area contributed by atoms with Gasteiger partial charge in [-0.05, 0) is 30.4 Å². The minimum Gasteiger partial charge on any atom is -0.466 e. The third-order valence-corrected chi connectivity index (χ3v) is 3.37. The quantitative estimate of drug-likeness (QED) is 0.824. The number of para-hydroxylation sites is 1. The van der Waals surface area contributed by atoms with E-state index in [0.29, 0.717) is 13.2 Å². The zero-order valence-corrected chi connectivity index (χ0v) is 12.0. The van der Waals surface area contributed by atoms with Crippen LogP contribution in [0, 0.1) is 0 Å². The van der Waals surface area contributed by atoms with Crippen LogP contribution in [0.25, 0.3) is 10.9 Å². The number of benzene rings is 1. The van der Waals surface area contributed by atoms with E-state index in [1.165, 1.54) is 5.56 Å². The summed E-state index contributed by atoms with van der Waals surface area (Å²) < 4.78 is 6.87. The summed E-state index contributed by atoms with van der Waals surface area (Å²) in [5.41, 5.74) is 2.38. The summed E-state index contributed by atoms with van der Waals surface area (Å²) in [4.78, 5) is 11.4. The van der Waals surface area contributed by atoms with Gasteiger partial charge < -0.3 is 14.4 Å². The van der Waals surface area contributed by atoms with Crippen LogP contribution in [-0.2, 0) is 22.5 Å². The second-order valence-electron chi connectivity index (χ2n) is 4.84. The number of ether oxygens (including phenoxy) is 1. The van der Waals surface area contributed by atoms with Crippen molar-refractivity contribution in [1.29, 1.82) is 0 Å². The van der Waals surface area contributed by atoms with Crippen molar-refractivity contribution in [3.8, 4) is 0 Å². The van der Waals surface area contributed by atoms with Crippen LogP contribution >= 0.6 is 0 Å². The molecule has 1 unspecified atom stereocenters. The Morgan fingerprint density at radius 2 is 2.15 bits per heavy atom. The fourth-order valence-corrected chi connectivity index (χ4v) is 2.48. The summed E-state index contributed by atoms with van der Waals surface area (Å²) in [6, 6.07) is 8.23. The molecule has 1 heterocycles. The summed E-state index contributed by atoms with van der Waals surface area (Å²) in [5.74, 6) is -0.354. The number of hydrogen-bond donors (Lipinski definition) is 1. The number of aromatic nitrogens is 1. The molecule has 0 fully saturated rings. The number of esters is 1. The lowest BCUT2D eigenvalue weighted by Crippen LogP contribution is -2.21. The van der Waals surface area contributed by atoms with Gasteiger partial charge in [-0.3, -0.25) is 4.79 Å². The number of aryl methyl sites for hydroxylation is 1. The molecule has 1 aromatic carbocycles. The number of carbonyl (C=O) groups excluding carboxylic acids is 1. The monoisotopic (exact) mass is 275 g/mol. The summed E-state index contributed by atoms with van der Waals surface area (Å²) in [5, 5.41) is 11.2. The Hall–Kier alpha value is -1.81. The lowest BCUT2D eigenvalue weighted by molar-refractivity contribution is -0.145. The Morgan fingerprint density at radius 1 is 1.35 bits per heavy atom. The van der Waals surface area contributed by atoms with E-state index in [1.807, 2.05) is 22.9 Å². The van der Waals surface area contributed by atoms with E-state index in [9.17, 15) is 9.90 Å². The van der Waals surface area contributed by atoms with Crippen LogP contribution in [0.5, 0.6) is 0 Å². The predicted octanol–water partition coefficient (Wildman–Crippen LogP) is 2.52. The van der Waals surface area contributed by atoms with Crippen LogP contribution in [0.3, 0.4) is 0 Å². The van der Waals surface area contributed by atoms with Crippen molar-refractivity contribution in [1.82, 2.24) is 4.57 Å². The van der Waals surface area contributed by atoms with Crippen molar-refractivity contribution in [2.45, 2.75) is 39.3 Å². The van der Waals surface area contributed by atoms with E-state index in [0.717, 1.165) is 17.3 Å². The number of carbonyl (C=O) groups is 1. The summed E-state index contributed by atoms with van der Waals surface area (Å²) in [6.07, 6.45) is 2.20. The van der Waals surface area contributed by atoms with Crippen LogP contribution in [0.1, 0.15) is 25.8 Å². The zero-order valence-electron chi connectivity index (χ0n) is 12.0. The second kappa shape index (κ2) is 6.57. The first-order valence-electron chi connectivity index (χ1n) is 7.06. The highest BCUT2D eigenvalue weighted by Crippen LogP contribution is 2.21. The molecule has 1 aromatic heterocycles. The molecule has 1 atom stereocenters. The molecular weight excluding hydrogens is 254 g/mol. The Balaban J connectivity index is 2.15. The van der Waals surface area contributed by atoms with Gasteiger partial charge in [0.1, 0.15) is 0 Å². The van der Waals surface area contributed by atoms with E-state index in [4.69, 9.17) is 4.74 Å². The number of fused-ring (bicyclic) bond motifs is 1. The first-order chi connectivity index (χ1) is 9.65. The summed E-state index contributed by atoms with van der Waals surface area (Å²) in [6.45, 7) is 4.62. The fraction of sp³-hybridized carbons (Fsp3) is 0.438. The molecule has 108 valence electrons. The Kier molecular flexibility index (Phi) is 4.79. The van der Waals surface area contributed by atoms with E-state index < -0.39 is 6.10 Å². The van der Waals surface area contributed by atoms with Crippen molar-refractivity contribution >= 4 is 16.9 Å². The molecule has 0 saturated carbocycles. The molecule has 0 radical (unpaired) electrons. The SMILES string of the molecule is CCOC(=O)CC(O)Cn1ccc2cccc(CC)c21. The third kappa shape index (κ3) is 3.20. The normalized spacial score (nSPS) is 12.6. The van der Waals surface area contributed by atoms with Gasteiger partial charge in [0.2, 0.25) is 0 Å². The predicted molar refractivity (Wildman–Crippen MR) is 78.6 cm³/mol. The molecule has 4 nitrogen and oxygen atoms in total. The molecule has 0 bridgehead atoms. The third-order valence-electron chi connectivity index (χ3n) is 3.37. The molecule has 2 rings (SSSR count). The molecule has 2 aromatic rings. The standard InChI is InChI=1S/C16H21NO3/c1-3-12-6-5-7-13-8-9-17(16(12)13)11-14(18)10-15(19)20-4-2/h5-9,14,18H,3-4,10-11H2,1-2H3.